The molecule has 37 heavy (non-hydrogen) atoms. The fraction of sp³-hybridized carbons (Fsp3) is 0.615. The summed E-state index contributed by atoms with van der Waals surface area (Å²) >= 11 is 0. The second kappa shape index (κ2) is 12.6. The predicted octanol–water partition coefficient (Wildman–Crippen LogP) is 2.51. The molecule has 1 aromatic carbocycles. The lowest BCUT2D eigenvalue weighted by Crippen LogP contribution is -2.60. The first-order chi connectivity index (χ1) is 23.9. The van der Waals surface area contributed by atoms with Crippen LogP contribution in [0.3, 0.4) is 0 Å². The third-order valence-corrected chi connectivity index (χ3v) is 5.26. The number of aromatic nitrogens is 2. The summed E-state index contributed by atoms with van der Waals surface area (Å²) in [6.45, 7) is -16.3. The van der Waals surface area contributed by atoms with Crippen LogP contribution in [0.1, 0.15) is 79.1 Å². The summed E-state index contributed by atoms with van der Waals surface area (Å²) in [6, 6.07) is 1.93. The van der Waals surface area contributed by atoms with Crippen LogP contribution < -0.4 is 9.47 Å². The number of carbonyl (C=O) groups is 1. The molecule has 0 radical (unpaired) electrons. The molecule has 0 saturated carbocycles. The largest absolute Gasteiger partial charge is 0.508 e. The van der Waals surface area contributed by atoms with Crippen LogP contribution in [-0.2, 0) is 20.6 Å². The molecule has 1 aliphatic rings. The van der Waals surface area contributed by atoms with E-state index in [0.29, 0.717) is 0 Å². The quantitative estimate of drug-likeness (QED) is 0.386. The summed E-state index contributed by atoms with van der Waals surface area (Å²) in [5, 5.41) is 35.7. The highest BCUT2D eigenvalue weighted by atomic mass is 16.7. The second-order valence-electron chi connectivity index (χ2n) is 7.86. The smallest absolute Gasteiger partial charge is 0.491 e. The van der Waals surface area contributed by atoms with Crippen molar-refractivity contribution in [1.29, 1.82) is 0 Å². The average molecular weight is 539 g/mol. The van der Waals surface area contributed by atoms with E-state index >= 15 is 0 Å². The number of aliphatic hydroxyl groups excluding tert-OH is 3. The molecule has 11 nitrogen and oxygen atoms in total. The Morgan fingerprint density at radius 3 is 2.54 bits per heavy atom. The van der Waals surface area contributed by atoms with Crippen molar-refractivity contribution in [3.8, 4) is 11.6 Å². The van der Waals surface area contributed by atoms with Gasteiger partial charge in [0.2, 0.25) is 12.2 Å². The first-order valence-electron chi connectivity index (χ1n) is 19.0. The molecular weight excluding hydrogens is 484 g/mol. The van der Waals surface area contributed by atoms with Crippen molar-refractivity contribution in [1.82, 2.24) is 9.78 Å². The van der Waals surface area contributed by atoms with Gasteiger partial charge in [0, 0.05) is 44.3 Å². The zero-order chi connectivity index (χ0) is 40.7. The summed E-state index contributed by atoms with van der Waals surface area (Å²) in [5.41, 5.74) is -1.30. The minimum Gasteiger partial charge on any atom is -0.491 e. The van der Waals surface area contributed by atoms with Crippen molar-refractivity contribution < 1.29 is 65.7 Å². The molecule has 1 fully saturated rings. The van der Waals surface area contributed by atoms with E-state index in [-0.39, 0.29) is 16.9 Å². The minimum absolute atomic E-state index is 0.0734. The Bertz CT molecular complexity index is 1530. The number of rotatable bonds is 10. The van der Waals surface area contributed by atoms with Gasteiger partial charge in [-0.05, 0) is 58.9 Å². The van der Waals surface area contributed by atoms with Crippen LogP contribution in [0.25, 0.3) is 0 Å². The van der Waals surface area contributed by atoms with Crippen molar-refractivity contribution in [2.24, 2.45) is 0 Å². The lowest BCUT2D eigenvalue weighted by Gasteiger charge is -2.39. The Hall–Kier alpha value is -2.86. The van der Waals surface area contributed by atoms with Gasteiger partial charge in [-0.2, -0.15) is 0 Å². The fourth-order valence-electron chi connectivity index (χ4n) is 3.46. The SMILES string of the molecule is [2H]C([2H])([2H])c1c(Cc2ccc(OC([2H])(C([2H])([2H])[2H])C([2H])([2H])[2H])cc2)c(O[C@@H]2O[C@H](COC(=O)OCC)[C@@H](O)[C@H](O)[C@H]2O)nn1C(C([2H])([2H])[2H])C([2H])([2H])[2H]. The van der Waals surface area contributed by atoms with E-state index in [4.69, 9.17) is 40.9 Å². The zero-order valence-electron chi connectivity index (χ0n) is 35.6. The normalized spacial score (nSPS) is 32.2. The number of aliphatic hydroxyl groups is 3. The van der Waals surface area contributed by atoms with Gasteiger partial charge in [0.25, 0.3) is 0 Å². The Morgan fingerprint density at radius 2 is 1.89 bits per heavy atom. The lowest BCUT2D eigenvalue weighted by atomic mass is 9.99. The van der Waals surface area contributed by atoms with E-state index in [9.17, 15) is 20.1 Å². The van der Waals surface area contributed by atoms with E-state index in [1.165, 1.54) is 19.1 Å². The van der Waals surface area contributed by atoms with Crippen LogP contribution in [0.2, 0.25) is 0 Å². The molecule has 0 spiro atoms. The fourth-order valence-corrected chi connectivity index (χ4v) is 3.46. The predicted molar refractivity (Wildman–Crippen MR) is 133 cm³/mol. The summed E-state index contributed by atoms with van der Waals surface area (Å²) in [6.07, 6.45) is -14.8. The Labute approximate surface area is 239 Å². The number of hydrogen-bond donors (Lipinski definition) is 3. The number of hydrogen-bond acceptors (Lipinski definition) is 10. The van der Waals surface area contributed by atoms with E-state index < -0.39 is 119 Å². The van der Waals surface area contributed by atoms with Gasteiger partial charge in [-0.25, -0.2) is 4.79 Å². The highest BCUT2D eigenvalue weighted by molar-refractivity contribution is 5.59. The maximum absolute atomic E-state index is 11.7. The van der Waals surface area contributed by atoms with Gasteiger partial charge in [0.15, 0.2) is 0 Å². The number of benzene rings is 1. The van der Waals surface area contributed by atoms with Crippen LogP contribution in [-0.4, -0.2) is 81.3 Å². The maximum Gasteiger partial charge on any atom is 0.508 e. The van der Waals surface area contributed by atoms with Gasteiger partial charge in [0.05, 0.1) is 14.1 Å². The zero-order valence-corrected chi connectivity index (χ0v) is 19.6. The van der Waals surface area contributed by atoms with Crippen molar-refractivity contribution in [3.05, 3.63) is 41.1 Å². The average Bonchev–Trinajstić information content (AvgIpc) is 3.31. The number of carbonyl (C=O) groups excluding carboxylic acids is 1. The van der Waals surface area contributed by atoms with Crippen molar-refractivity contribution in [2.45, 2.75) is 90.4 Å². The molecule has 1 saturated heterocycles. The van der Waals surface area contributed by atoms with Gasteiger partial charge in [-0.1, -0.05) is 12.1 Å². The topological polar surface area (TPSA) is 142 Å². The molecule has 2 aromatic rings. The third kappa shape index (κ3) is 7.13. The van der Waals surface area contributed by atoms with Gasteiger partial charge in [0.1, 0.15) is 36.8 Å². The molecule has 5 atom stereocenters. The Balaban J connectivity index is 2.16. The molecule has 206 valence electrons. The molecular formula is C26H38N2O9. The van der Waals surface area contributed by atoms with Gasteiger partial charge < -0.3 is 39.0 Å². The summed E-state index contributed by atoms with van der Waals surface area (Å²) in [4.78, 5) is 11.7. The van der Waals surface area contributed by atoms with Crippen molar-refractivity contribution in [2.75, 3.05) is 13.2 Å². The first kappa shape index (κ1) is 13.8. The van der Waals surface area contributed by atoms with E-state index in [2.05, 4.69) is 9.84 Å². The number of nitrogens with zero attached hydrogens (tertiary/aromatic N) is 2. The molecule has 11 heteroatoms. The van der Waals surface area contributed by atoms with Crippen molar-refractivity contribution >= 4 is 6.16 Å². The summed E-state index contributed by atoms with van der Waals surface area (Å²) in [5.74, 6) is -1.20. The molecule has 2 heterocycles. The standard InChI is InChI=1S/C26H38N2O9/c1-7-33-26(32)34-13-20-21(29)22(30)23(31)25(36-20)37-24-19(16(6)28(27-24)14(2)3)12-17-8-10-18(11-9-17)35-15(4)5/h8-11,14-15,20-23,25,29-31H,7,12-13H2,1-6H3/t20-,21-,22+,23-,25+/m1/s1/i2D3,3D3,4D3,5D3,6D3,15D. The molecule has 0 amide bonds. The monoisotopic (exact) mass is 538 g/mol. The van der Waals surface area contributed by atoms with Crippen LogP contribution in [0.15, 0.2) is 24.3 Å². The Kier molecular flexibility index (Phi) is 4.69. The molecule has 1 aromatic heterocycles. The maximum atomic E-state index is 11.7. The second-order valence-corrected chi connectivity index (χ2v) is 7.86. The van der Waals surface area contributed by atoms with Gasteiger partial charge >= 0.3 is 6.16 Å². The highest BCUT2D eigenvalue weighted by Crippen LogP contribution is 2.31. The van der Waals surface area contributed by atoms with Gasteiger partial charge in [-0.15, -0.1) is 5.10 Å². The molecule has 1 aliphatic heterocycles. The third-order valence-electron chi connectivity index (χ3n) is 5.26. The first-order valence-corrected chi connectivity index (χ1v) is 11.0. The molecule has 0 bridgehead atoms. The van der Waals surface area contributed by atoms with Crippen LogP contribution >= 0.6 is 0 Å². The Morgan fingerprint density at radius 1 is 1.14 bits per heavy atom. The van der Waals surface area contributed by atoms with Crippen LogP contribution in [0.4, 0.5) is 4.79 Å². The summed E-state index contributed by atoms with van der Waals surface area (Å²) in [7, 11) is 0. The van der Waals surface area contributed by atoms with Crippen LogP contribution in [0, 0.1) is 6.85 Å². The van der Waals surface area contributed by atoms with E-state index in [1.54, 1.807) is 0 Å². The van der Waals surface area contributed by atoms with Crippen LogP contribution in [0.5, 0.6) is 11.6 Å². The van der Waals surface area contributed by atoms with E-state index in [1.807, 2.05) is 0 Å². The molecule has 0 unspecified atom stereocenters. The highest BCUT2D eigenvalue weighted by Gasteiger charge is 2.46. The summed E-state index contributed by atoms with van der Waals surface area (Å²) < 4.78 is 152. The van der Waals surface area contributed by atoms with E-state index in [0.717, 1.165) is 12.1 Å². The molecule has 3 N–H and O–H groups in total. The van der Waals surface area contributed by atoms with Crippen molar-refractivity contribution in [3.63, 3.8) is 0 Å². The lowest BCUT2D eigenvalue weighted by molar-refractivity contribution is -0.278. The molecule has 0 aliphatic carbocycles. The molecule has 3 rings (SSSR count). The van der Waals surface area contributed by atoms with Gasteiger partial charge in [-0.3, -0.25) is 4.68 Å². The number of ether oxygens (including phenoxy) is 5. The minimum atomic E-state index is -3.44.